The van der Waals surface area contributed by atoms with E-state index in [0.717, 1.165) is 25.3 Å². The van der Waals surface area contributed by atoms with Crippen molar-refractivity contribution in [2.45, 2.75) is 32.2 Å². The van der Waals surface area contributed by atoms with E-state index in [1.165, 1.54) is 23.0 Å². The van der Waals surface area contributed by atoms with Gasteiger partial charge >= 0.3 is 5.63 Å². The van der Waals surface area contributed by atoms with E-state index in [9.17, 15) is 18.4 Å². The van der Waals surface area contributed by atoms with Crippen molar-refractivity contribution < 1.29 is 22.8 Å². The van der Waals surface area contributed by atoms with Gasteiger partial charge in [0.2, 0.25) is 0 Å². The fourth-order valence-corrected chi connectivity index (χ4v) is 3.22. The van der Waals surface area contributed by atoms with Gasteiger partial charge in [0.1, 0.15) is 11.6 Å². The Morgan fingerprint density at radius 3 is 2.96 bits per heavy atom. The summed E-state index contributed by atoms with van der Waals surface area (Å²) in [5.41, 5.74) is -0.0398. The molecule has 1 atom stereocenters. The molecule has 25 heavy (non-hydrogen) atoms. The van der Waals surface area contributed by atoms with Crippen molar-refractivity contribution in [2.75, 3.05) is 13.1 Å². The number of hydrogen-bond acceptors (Lipinski definition) is 3. The maximum absolute atomic E-state index is 13.7. The lowest BCUT2D eigenvalue weighted by Gasteiger charge is -2.32. The maximum atomic E-state index is 13.7. The van der Waals surface area contributed by atoms with Gasteiger partial charge in [-0.2, -0.15) is 0 Å². The number of carbonyl (C=O) groups excluding carboxylic acids is 1. The molecule has 2 aromatic rings. The highest BCUT2D eigenvalue weighted by Crippen LogP contribution is 2.22. The zero-order valence-corrected chi connectivity index (χ0v) is 13.7. The van der Waals surface area contributed by atoms with Crippen molar-refractivity contribution >= 4 is 5.91 Å². The number of nitrogens with one attached hydrogen (secondary N) is 1. The Labute approximate surface area is 143 Å². The van der Waals surface area contributed by atoms with E-state index < -0.39 is 17.3 Å². The lowest BCUT2D eigenvalue weighted by atomic mass is 9.91. The third-order valence-corrected chi connectivity index (χ3v) is 4.54. The van der Waals surface area contributed by atoms with E-state index in [-0.39, 0.29) is 18.4 Å². The highest BCUT2D eigenvalue weighted by atomic mass is 19.1. The third-order valence-electron chi connectivity index (χ3n) is 4.54. The first-order valence-electron chi connectivity index (χ1n) is 8.31. The van der Waals surface area contributed by atoms with Crippen LogP contribution < -0.4 is 10.3 Å². The summed E-state index contributed by atoms with van der Waals surface area (Å²) in [6, 6.07) is 3.63. The van der Waals surface area contributed by atoms with Gasteiger partial charge in [0.05, 0.1) is 0 Å². The summed E-state index contributed by atoms with van der Waals surface area (Å²) in [6.07, 6.45) is 4.30. The lowest BCUT2D eigenvalue weighted by Crippen LogP contribution is -2.48. The molecular formula is C17H20F2N3O3+. The number of carbonyl (C=O) groups is 1. The summed E-state index contributed by atoms with van der Waals surface area (Å²) >= 11 is 0. The zero-order chi connectivity index (χ0) is 17.8. The number of amides is 1. The van der Waals surface area contributed by atoms with Gasteiger partial charge in [-0.25, -0.2) is 13.6 Å². The van der Waals surface area contributed by atoms with Crippen LogP contribution in [0.15, 0.2) is 33.7 Å². The second-order valence-corrected chi connectivity index (χ2v) is 6.39. The number of H-pyrrole nitrogens is 1. The minimum atomic E-state index is -0.578. The molecule has 0 bridgehead atoms. The highest BCUT2D eigenvalue weighted by Gasteiger charge is 2.26. The first-order chi connectivity index (χ1) is 12.0. The topological polar surface area (TPSA) is 70.2 Å². The Bertz CT molecular complexity index is 802. The maximum Gasteiger partial charge on any atom is 0.426 e. The fourth-order valence-electron chi connectivity index (χ4n) is 3.22. The standard InChI is InChI=1S/C17H19F2N3O3/c18-14-6-5-13(15(19)8-14)4-3-12-2-1-7-21(9-12)16(23)10-22-11-17(24)25-20-22/h5-6,8,11-12H,1-4,7,9-10H2/p+1/t12-/m1/s1. The van der Waals surface area contributed by atoms with Crippen LogP contribution in [0.5, 0.6) is 0 Å². The summed E-state index contributed by atoms with van der Waals surface area (Å²) in [5, 5.41) is 2.35. The number of aromatic amines is 1. The molecule has 1 aliphatic heterocycles. The lowest BCUT2D eigenvalue weighted by molar-refractivity contribution is -0.751. The number of aromatic nitrogens is 2. The molecule has 3 rings (SSSR count). The van der Waals surface area contributed by atoms with Crippen LogP contribution >= 0.6 is 0 Å². The van der Waals surface area contributed by atoms with Crippen LogP contribution in [0.3, 0.4) is 0 Å². The van der Waals surface area contributed by atoms with E-state index in [1.54, 1.807) is 4.90 Å². The molecule has 1 amide bonds. The normalized spacial score (nSPS) is 17.7. The molecule has 1 aliphatic rings. The first-order valence-corrected chi connectivity index (χ1v) is 8.31. The molecule has 0 spiro atoms. The average molecular weight is 352 g/mol. The number of benzene rings is 1. The van der Waals surface area contributed by atoms with E-state index in [2.05, 4.69) is 9.79 Å². The molecule has 1 aromatic carbocycles. The van der Waals surface area contributed by atoms with Crippen LogP contribution in [0.4, 0.5) is 8.78 Å². The molecule has 1 aromatic heterocycles. The van der Waals surface area contributed by atoms with E-state index in [1.807, 2.05) is 0 Å². The van der Waals surface area contributed by atoms with Crippen molar-refractivity contribution in [1.82, 2.24) is 10.2 Å². The minimum Gasteiger partial charge on any atom is -0.337 e. The monoisotopic (exact) mass is 352 g/mol. The Kier molecular flexibility index (Phi) is 5.25. The molecule has 6 nitrogen and oxygen atoms in total. The molecule has 0 radical (unpaired) electrons. The minimum absolute atomic E-state index is 0.0189. The van der Waals surface area contributed by atoms with Gasteiger partial charge in [0, 0.05) is 19.2 Å². The van der Waals surface area contributed by atoms with Crippen LogP contribution in [0.25, 0.3) is 0 Å². The molecule has 1 N–H and O–H groups in total. The van der Waals surface area contributed by atoms with Crippen molar-refractivity contribution in [1.29, 1.82) is 0 Å². The molecule has 134 valence electrons. The molecule has 2 heterocycles. The largest absolute Gasteiger partial charge is 0.426 e. The average Bonchev–Trinajstić information content (AvgIpc) is 2.99. The predicted molar refractivity (Wildman–Crippen MR) is 83.5 cm³/mol. The second-order valence-electron chi connectivity index (χ2n) is 6.39. The number of aryl methyl sites for hydroxylation is 1. The third kappa shape index (κ3) is 4.52. The zero-order valence-electron chi connectivity index (χ0n) is 13.7. The van der Waals surface area contributed by atoms with Crippen LogP contribution in [0.2, 0.25) is 0 Å². The summed E-state index contributed by atoms with van der Waals surface area (Å²) in [4.78, 5) is 25.1. The number of halogens is 2. The molecular weight excluding hydrogens is 332 g/mol. The quantitative estimate of drug-likeness (QED) is 0.827. The molecule has 0 aliphatic carbocycles. The Morgan fingerprint density at radius 2 is 2.24 bits per heavy atom. The smallest absolute Gasteiger partial charge is 0.337 e. The molecule has 1 saturated heterocycles. The van der Waals surface area contributed by atoms with Crippen LogP contribution in [0.1, 0.15) is 24.8 Å². The Balaban J connectivity index is 1.53. The predicted octanol–water partition coefficient (Wildman–Crippen LogP) is 1.41. The molecule has 8 heteroatoms. The summed E-state index contributed by atoms with van der Waals surface area (Å²) in [5.74, 6) is -0.926. The number of likely N-dealkylation sites (tertiary alicyclic amines) is 1. The number of hydrogen-bond donors (Lipinski definition) is 1. The van der Waals surface area contributed by atoms with Crippen LogP contribution in [-0.4, -0.2) is 29.2 Å². The van der Waals surface area contributed by atoms with Gasteiger partial charge < -0.3 is 4.90 Å². The van der Waals surface area contributed by atoms with Crippen LogP contribution in [-0.2, 0) is 17.8 Å². The van der Waals surface area contributed by atoms with Crippen molar-refractivity contribution in [3.63, 3.8) is 0 Å². The Morgan fingerprint density at radius 1 is 1.40 bits per heavy atom. The van der Waals surface area contributed by atoms with Crippen molar-refractivity contribution in [2.24, 2.45) is 5.92 Å². The van der Waals surface area contributed by atoms with Gasteiger partial charge in [0.25, 0.3) is 18.6 Å². The summed E-state index contributed by atoms with van der Waals surface area (Å²) < 4.78 is 32.5. The van der Waals surface area contributed by atoms with E-state index >= 15 is 0 Å². The SMILES string of the molecule is O=C(C[n+]1cc(=O)o[nH]1)N1CCC[C@H](CCc2ccc(F)cc2F)C1. The summed E-state index contributed by atoms with van der Waals surface area (Å²) in [6.45, 7) is 1.29. The van der Waals surface area contributed by atoms with Gasteiger partial charge in [0.15, 0.2) is 0 Å². The van der Waals surface area contributed by atoms with Gasteiger partial charge in [-0.15, -0.1) is 0 Å². The van der Waals surface area contributed by atoms with Crippen molar-refractivity contribution in [3.8, 4) is 0 Å². The fraction of sp³-hybridized carbons (Fsp3) is 0.471. The van der Waals surface area contributed by atoms with Gasteiger partial charge in [-0.05, 0) is 48.5 Å². The highest BCUT2D eigenvalue weighted by molar-refractivity contribution is 5.74. The number of piperidine rings is 1. The summed E-state index contributed by atoms with van der Waals surface area (Å²) in [7, 11) is 0. The molecule has 1 fully saturated rings. The van der Waals surface area contributed by atoms with Crippen LogP contribution in [0, 0.1) is 17.6 Å². The number of nitrogens with zero attached hydrogens (tertiary/aromatic N) is 2. The van der Waals surface area contributed by atoms with E-state index in [4.69, 9.17) is 0 Å². The number of rotatable bonds is 5. The van der Waals surface area contributed by atoms with Gasteiger partial charge in [-0.3, -0.25) is 9.32 Å². The molecule has 0 saturated carbocycles. The Hall–Kier alpha value is -2.51. The van der Waals surface area contributed by atoms with E-state index in [0.29, 0.717) is 25.1 Å². The van der Waals surface area contributed by atoms with Gasteiger partial charge in [-0.1, -0.05) is 10.7 Å². The van der Waals surface area contributed by atoms with Crippen molar-refractivity contribution in [3.05, 3.63) is 52.0 Å². The molecule has 0 unspecified atom stereocenters. The first kappa shape index (κ1) is 17.3. The second kappa shape index (κ2) is 7.58.